The van der Waals surface area contributed by atoms with Gasteiger partial charge in [-0.2, -0.15) is 0 Å². The maximum atomic E-state index is 12.7. The summed E-state index contributed by atoms with van der Waals surface area (Å²) in [7, 11) is 0. The average Bonchev–Trinajstić information content (AvgIpc) is 2.53. The molecule has 0 aliphatic carbocycles. The first-order chi connectivity index (χ1) is 10.6. The van der Waals surface area contributed by atoms with E-state index in [9.17, 15) is 14.0 Å². The Morgan fingerprint density at radius 3 is 2.36 bits per heavy atom. The van der Waals surface area contributed by atoms with Gasteiger partial charge in [0.25, 0.3) is 0 Å². The number of hydrazine groups is 1. The molecular weight excluding hydrogens is 283 g/mol. The lowest BCUT2D eigenvalue weighted by Gasteiger charge is -2.04. The molecule has 0 spiro atoms. The first kappa shape index (κ1) is 15.4. The molecule has 2 rings (SSSR count). The van der Waals surface area contributed by atoms with Crippen LogP contribution in [-0.4, -0.2) is 11.7 Å². The number of amides is 1. The van der Waals surface area contributed by atoms with Crippen molar-refractivity contribution in [3.05, 3.63) is 83.8 Å². The molecule has 0 radical (unpaired) electrons. The van der Waals surface area contributed by atoms with Crippen molar-refractivity contribution in [1.82, 2.24) is 10.9 Å². The maximum absolute atomic E-state index is 12.7. The van der Waals surface area contributed by atoms with E-state index in [0.29, 0.717) is 5.56 Å². The van der Waals surface area contributed by atoms with Crippen LogP contribution in [0.4, 0.5) is 4.39 Å². The number of ketones is 1. The molecule has 4 nitrogen and oxygen atoms in total. The van der Waals surface area contributed by atoms with E-state index >= 15 is 0 Å². The van der Waals surface area contributed by atoms with Gasteiger partial charge in [-0.3, -0.25) is 15.0 Å². The third-order valence-corrected chi connectivity index (χ3v) is 2.87. The van der Waals surface area contributed by atoms with Gasteiger partial charge in [0.15, 0.2) is 5.78 Å². The van der Waals surface area contributed by atoms with E-state index in [4.69, 9.17) is 0 Å². The van der Waals surface area contributed by atoms with Crippen molar-refractivity contribution in [3.63, 3.8) is 0 Å². The summed E-state index contributed by atoms with van der Waals surface area (Å²) < 4.78 is 12.7. The first-order valence-electron chi connectivity index (χ1n) is 6.70. The van der Waals surface area contributed by atoms with Crippen LogP contribution in [0.25, 0.3) is 0 Å². The van der Waals surface area contributed by atoms with Crippen LogP contribution >= 0.6 is 0 Å². The number of hydrogen-bond acceptors (Lipinski definition) is 3. The number of allylic oxidation sites excluding steroid dienone is 1. The van der Waals surface area contributed by atoms with Crippen molar-refractivity contribution < 1.29 is 14.0 Å². The molecule has 112 valence electrons. The van der Waals surface area contributed by atoms with Crippen molar-refractivity contribution in [2.75, 3.05) is 0 Å². The number of carbonyl (C=O) groups excluding carboxylic acids is 2. The van der Waals surface area contributed by atoms with Gasteiger partial charge in [0.2, 0.25) is 5.91 Å². The molecule has 5 heteroatoms. The lowest BCUT2D eigenvalue weighted by atomic mass is 10.1. The minimum atomic E-state index is -0.396. The minimum absolute atomic E-state index is 0.218. The van der Waals surface area contributed by atoms with Crippen LogP contribution in [0.5, 0.6) is 0 Å². The minimum Gasteiger partial charge on any atom is -0.306 e. The maximum Gasteiger partial charge on any atom is 0.242 e. The zero-order valence-corrected chi connectivity index (χ0v) is 11.8. The number of nitrogens with one attached hydrogen (secondary N) is 2. The molecule has 2 aromatic carbocycles. The second-order valence-corrected chi connectivity index (χ2v) is 4.56. The van der Waals surface area contributed by atoms with Crippen LogP contribution < -0.4 is 10.9 Å². The molecule has 1 amide bonds. The summed E-state index contributed by atoms with van der Waals surface area (Å²) in [5.74, 6) is -0.901. The molecule has 0 bridgehead atoms. The topological polar surface area (TPSA) is 58.2 Å². The number of carbonyl (C=O) groups is 2. The number of halogens is 1. The van der Waals surface area contributed by atoms with Gasteiger partial charge >= 0.3 is 0 Å². The zero-order valence-electron chi connectivity index (χ0n) is 11.8. The average molecular weight is 298 g/mol. The molecular formula is C17H15FN2O2. The van der Waals surface area contributed by atoms with Gasteiger partial charge in [0.1, 0.15) is 5.82 Å². The van der Waals surface area contributed by atoms with Gasteiger partial charge in [0.05, 0.1) is 6.42 Å². The normalized spacial score (nSPS) is 10.4. The van der Waals surface area contributed by atoms with Crippen molar-refractivity contribution in [2.24, 2.45) is 0 Å². The molecule has 0 atom stereocenters. The molecule has 2 aromatic rings. The van der Waals surface area contributed by atoms with E-state index in [1.807, 2.05) is 30.3 Å². The smallest absolute Gasteiger partial charge is 0.242 e. The molecule has 0 saturated carbocycles. The van der Waals surface area contributed by atoms with E-state index < -0.39 is 5.82 Å². The summed E-state index contributed by atoms with van der Waals surface area (Å²) in [4.78, 5) is 23.4. The third kappa shape index (κ3) is 4.86. The predicted molar refractivity (Wildman–Crippen MR) is 81.3 cm³/mol. The molecule has 0 heterocycles. The Hall–Kier alpha value is -2.95. The SMILES string of the molecule is O=C(Cc1ccccc1)NNC=CC(=O)c1ccc(F)cc1. The van der Waals surface area contributed by atoms with E-state index in [2.05, 4.69) is 10.9 Å². The van der Waals surface area contributed by atoms with Crippen LogP contribution in [0.2, 0.25) is 0 Å². The highest BCUT2D eigenvalue weighted by molar-refractivity contribution is 6.04. The summed E-state index contributed by atoms with van der Waals surface area (Å²) in [6.45, 7) is 0. The fourth-order valence-corrected chi connectivity index (χ4v) is 1.78. The van der Waals surface area contributed by atoms with Crippen molar-refractivity contribution in [1.29, 1.82) is 0 Å². The summed E-state index contributed by atoms with van der Waals surface area (Å²) >= 11 is 0. The molecule has 0 saturated heterocycles. The molecule has 0 unspecified atom stereocenters. The third-order valence-electron chi connectivity index (χ3n) is 2.87. The molecule has 0 aliphatic heterocycles. The first-order valence-corrected chi connectivity index (χ1v) is 6.70. The van der Waals surface area contributed by atoms with Crippen LogP contribution in [0, 0.1) is 5.82 Å². The largest absolute Gasteiger partial charge is 0.306 e. The van der Waals surface area contributed by atoms with Crippen molar-refractivity contribution in [2.45, 2.75) is 6.42 Å². The monoisotopic (exact) mass is 298 g/mol. The van der Waals surface area contributed by atoms with Crippen LogP contribution in [0.3, 0.4) is 0 Å². The lowest BCUT2D eigenvalue weighted by Crippen LogP contribution is -2.34. The lowest BCUT2D eigenvalue weighted by molar-refractivity contribution is -0.121. The number of benzene rings is 2. The Morgan fingerprint density at radius 2 is 1.68 bits per heavy atom. The van der Waals surface area contributed by atoms with Crippen molar-refractivity contribution in [3.8, 4) is 0 Å². The second-order valence-electron chi connectivity index (χ2n) is 4.56. The Balaban J connectivity index is 1.77. The standard InChI is InChI=1S/C17H15FN2O2/c18-15-8-6-14(7-9-15)16(21)10-11-19-20-17(22)12-13-4-2-1-3-5-13/h1-11,19H,12H2,(H,20,22). The molecule has 0 aromatic heterocycles. The van der Waals surface area contributed by atoms with E-state index in [-0.39, 0.29) is 18.1 Å². The van der Waals surface area contributed by atoms with Crippen LogP contribution in [-0.2, 0) is 11.2 Å². The Morgan fingerprint density at radius 1 is 1.00 bits per heavy atom. The molecule has 0 fully saturated rings. The molecule has 0 aliphatic rings. The van der Waals surface area contributed by atoms with Gasteiger partial charge in [0, 0.05) is 17.8 Å². The van der Waals surface area contributed by atoms with E-state index in [1.165, 1.54) is 36.5 Å². The molecule has 22 heavy (non-hydrogen) atoms. The fraction of sp³-hybridized carbons (Fsp3) is 0.0588. The summed E-state index contributed by atoms with van der Waals surface area (Å²) in [6.07, 6.45) is 2.83. The highest BCUT2D eigenvalue weighted by atomic mass is 19.1. The second kappa shape index (κ2) is 7.73. The quantitative estimate of drug-likeness (QED) is 0.489. The summed E-state index contributed by atoms with van der Waals surface area (Å²) in [5.41, 5.74) is 6.27. The zero-order chi connectivity index (χ0) is 15.8. The van der Waals surface area contributed by atoms with E-state index in [0.717, 1.165) is 5.56 Å². The molecule has 2 N–H and O–H groups in total. The van der Waals surface area contributed by atoms with Gasteiger partial charge in [-0.05, 0) is 29.8 Å². The Kier molecular flexibility index (Phi) is 5.43. The highest BCUT2D eigenvalue weighted by Gasteiger charge is 2.02. The van der Waals surface area contributed by atoms with Gasteiger partial charge in [-0.25, -0.2) is 4.39 Å². The predicted octanol–water partition coefficient (Wildman–Crippen LogP) is 2.39. The van der Waals surface area contributed by atoms with Crippen molar-refractivity contribution >= 4 is 11.7 Å². The highest BCUT2D eigenvalue weighted by Crippen LogP contribution is 2.04. The fourth-order valence-electron chi connectivity index (χ4n) is 1.78. The Bertz CT molecular complexity index is 667. The van der Waals surface area contributed by atoms with Gasteiger partial charge < -0.3 is 5.43 Å². The van der Waals surface area contributed by atoms with E-state index in [1.54, 1.807) is 0 Å². The summed E-state index contributed by atoms with van der Waals surface area (Å²) in [5, 5.41) is 0. The summed E-state index contributed by atoms with van der Waals surface area (Å²) in [6, 6.07) is 14.5. The van der Waals surface area contributed by atoms with Crippen LogP contribution in [0.15, 0.2) is 66.9 Å². The number of rotatable bonds is 6. The van der Waals surface area contributed by atoms with Crippen LogP contribution in [0.1, 0.15) is 15.9 Å². The Labute approximate surface area is 127 Å². The number of hydrogen-bond donors (Lipinski definition) is 2. The van der Waals surface area contributed by atoms with Gasteiger partial charge in [-0.15, -0.1) is 0 Å². The van der Waals surface area contributed by atoms with Gasteiger partial charge in [-0.1, -0.05) is 30.3 Å².